The van der Waals surface area contributed by atoms with Crippen molar-refractivity contribution < 1.29 is 9.59 Å². The highest BCUT2D eigenvalue weighted by Gasteiger charge is 2.23. The first-order valence-corrected chi connectivity index (χ1v) is 9.38. The molecule has 144 valence electrons. The number of aromatic nitrogens is 2. The molecule has 1 aliphatic carbocycles. The molecule has 2 amide bonds. The van der Waals surface area contributed by atoms with Gasteiger partial charge in [-0.2, -0.15) is 0 Å². The average molecular weight is 378 g/mol. The molecule has 0 bridgehead atoms. The monoisotopic (exact) mass is 378 g/mol. The first-order valence-electron chi connectivity index (χ1n) is 9.38. The van der Waals surface area contributed by atoms with Gasteiger partial charge in [0.15, 0.2) is 0 Å². The van der Waals surface area contributed by atoms with Crippen LogP contribution >= 0.6 is 0 Å². The molecule has 7 nitrogen and oxygen atoms in total. The van der Waals surface area contributed by atoms with Crippen molar-refractivity contribution in [3.8, 4) is 0 Å². The lowest BCUT2D eigenvalue weighted by Crippen LogP contribution is -2.26. The van der Waals surface area contributed by atoms with E-state index in [2.05, 4.69) is 10.6 Å². The number of carbonyl (C=O) groups excluding carboxylic acids is 2. The highest BCUT2D eigenvalue weighted by atomic mass is 16.2. The Kier molecular flexibility index (Phi) is 4.73. The van der Waals surface area contributed by atoms with E-state index in [-0.39, 0.29) is 36.5 Å². The Morgan fingerprint density at radius 1 is 1.07 bits per heavy atom. The number of hydrogen-bond acceptors (Lipinski definition) is 3. The molecule has 0 radical (unpaired) electrons. The SMILES string of the molecule is Cn1c(=O)n(CCC(=O)Nc2cccc(C(=O)NC3CC3)c2)c2ccccc21. The Morgan fingerprint density at radius 3 is 2.57 bits per heavy atom. The number of rotatable bonds is 6. The summed E-state index contributed by atoms with van der Waals surface area (Å²) in [5.74, 6) is -0.333. The molecule has 4 rings (SSSR count). The molecule has 28 heavy (non-hydrogen) atoms. The Bertz CT molecular complexity index is 1110. The number of anilines is 1. The summed E-state index contributed by atoms with van der Waals surface area (Å²) >= 11 is 0. The number of nitrogens with zero attached hydrogens (tertiary/aromatic N) is 2. The van der Waals surface area contributed by atoms with E-state index in [4.69, 9.17) is 0 Å². The number of hydrogen-bond donors (Lipinski definition) is 2. The van der Waals surface area contributed by atoms with E-state index in [1.807, 2.05) is 24.3 Å². The topological polar surface area (TPSA) is 85.1 Å². The van der Waals surface area contributed by atoms with Gasteiger partial charge in [-0.15, -0.1) is 0 Å². The Morgan fingerprint density at radius 2 is 1.82 bits per heavy atom. The summed E-state index contributed by atoms with van der Waals surface area (Å²) in [6, 6.07) is 14.7. The minimum atomic E-state index is -0.209. The fourth-order valence-corrected chi connectivity index (χ4v) is 3.25. The van der Waals surface area contributed by atoms with Gasteiger partial charge in [-0.1, -0.05) is 18.2 Å². The minimum absolute atomic E-state index is 0.124. The first-order chi connectivity index (χ1) is 13.5. The summed E-state index contributed by atoms with van der Waals surface area (Å²) in [5.41, 5.74) is 2.59. The van der Waals surface area contributed by atoms with E-state index in [1.165, 1.54) is 0 Å². The lowest BCUT2D eigenvalue weighted by Gasteiger charge is -2.08. The zero-order valence-electron chi connectivity index (χ0n) is 15.6. The molecule has 0 atom stereocenters. The summed E-state index contributed by atoms with van der Waals surface area (Å²) in [6.07, 6.45) is 2.21. The van der Waals surface area contributed by atoms with Crippen molar-refractivity contribution in [1.29, 1.82) is 0 Å². The molecular weight excluding hydrogens is 356 g/mol. The molecule has 0 saturated heterocycles. The molecule has 0 aliphatic heterocycles. The van der Waals surface area contributed by atoms with Gasteiger partial charge < -0.3 is 10.6 Å². The van der Waals surface area contributed by atoms with Crippen molar-refractivity contribution in [2.45, 2.75) is 31.8 Å². The normalized spacial score (nSPS) is 13.5. The number of aryl methyl sites for hydroxylation is 2. The lowest BCUT2D eigenvalue weighted by atomic mass is 10.2. The highest BCUT2D eigenvalue weighted by Crippen LogP contribution is 2.20. The van der Waals surface area contributed by atoms with Gasteiger partial charge in [-0.05, 0) is 43.2 Å². The summed E-state index contributed by atoms with van der Waals surface area (Å²) in [5, 5.41) is 5.74. The Labute approximate surface area is 162 Å². The number of para-hydroxylation sites is 2. The fraction of sp³-hybridized carbons (Fsp3) is 0.286. The molecule has 3 aromatic rings. The van der Waals surface area contributed by atoms with Crippen LogP contribution in [-0.4, -0.2) is 27.0 Å². The number of benzene rings is 2. The Hall–Kier alpha value is -3.35. The second kappa shape index (κ2) is 7.34. The summed E-state index contributed by atoms with van der Waals surface area (Å²) < 4.78 is 3.18. The van der Waals surface area contributed by atoms with E-state index in [9.17, 15) is 14.4 Å². The second-order valence-electron chi connectivity index (χ2n) is 7.11. The molecule has 2 N–H and O–H groups in total. The standard InChI is InChI=1S/C21H22N4O3/c1-24-17-7-2-3-8-18(17)25(21(24)28)12-11-19(26)22-16-6-4-5-14(13-16)20(27)23-15-9-10-15/h2-8,13,15H,9-12H2,1H3,(H,22,26)(H,23,27). The molecule has 1 heterocycles. The van der Waals surface area contributed by atoms with Crippen molar-refractivity contribution in [3.63, 3.8) is 0 Å². The van der Waals surface area contributed by atoms with Gasteiger partial charge in [-0.25, -0.2) is 4.79 Å². The zero-order chi connectivity index (χ0) is 19.7. The van der Waals surface area contributed by atoms with Gasteiger partial charge in [-0.3, -0.25) is 18.7 Å². The van der Waals surface area contributed by atoms with Crippen LogP contribution in [0.2, 0.25) is 0 Å². The third kappa shape index (κ3) is 3.69. The van der Waals surface area contributed by atoms with Crippen LogP contribution < -0.4 is 16.3 Å². The third-order valence-corrected chi connectivity index (χ3v) is 4.94. The fourth-order valence-electron chi connectivity index (χ4n) is 3.25. The predicted molar refractivity (Wildman–Crippen MR) is 107 cm³/mol. The molecular formula is C21H22N4O3. The molecule has 0 spiro atoms. The van der Waals surface area contributed by atoms with Crippen LogP contribution in [0.5, 0.6) is 0 Å². The van der Waals surface area contributed by atoms with Crippen LogP contribution in [-0.2, 0) is 18.4 Å². The first kappa shape index (κ1) is 18.0. The summed E-state index contributed by atoms with van der Waals surface area (Å²) in [7, 11) is 1.72. The number of nitrogens with one attached hydrogen (secondary N) is 2. The van der Waals surface area contributed by atoms with Crippen LogP contribution in [0, 0.1) is 0 Å². The van der Waals surface area contributed by atoms with Gasteiger partial charge in [0.05, 0.1) is 11.0 Å². The number of amides is 2. The van der Waals surface area contributed by atoms with E-state index in [1.54, 1.807) is 40.4 Å². The molecule has 2 aromatic carbocycles. The molecule has 1 aliphatic rings. The van der Waals surface area contributed by atoms with E-state index < -0.39 is 0 Å². The van der Waals surface area contributed by atoms with Gasteiger partial charge in [0, 0.05) is 37.3 Å². The quantitative estimate of drug-likeness (QED) is 0.690. The third-order valence-electron chi connectivity index (χ3n) is 4.94. The van der Waals surface area contributed by atoms with Crippen LogP contribution in [0.4, 0.5) is 5.69 Å². The minimum Gasteiger partial charge on any atom is -0.349 e. The Balaban J connectivity index is 1.42. The maximum atomic E-state index is 12.4. The maximum Gasteiger partial charge on any atom is 0.328 e. The van der Waals surface area contributed by atoms with Crippen molar-refractivity contribution in [2.75, 3.05) is 5.32 Å². The molecule has 1 aromatic heterocycles. The van der Waals surface area contributed by atoms with Crippen molar-refractivity contribution in [2.24, 2.45) is 7.05 Å². The van der Waals surface area contributed by atoms with Crippen LogP contribution in [0.15, 0.2) is 53.3 Å². The predicted octanol–water partition coefficient (Wildman–Crippen LogP) is 2.26. The van der Waals surface area contributed by atoms with Gasteiger partial charge in [0.2, 0.25) is 5.91 Å². The van der Waals surface area contributed by atoms with Gasteiger partial charge in [0.1, 0.15) is 0 Å². The maximum absolute atomic E-state index is 12.4. The second-order valence-corrected chi connectivity index (χ2v) is 7.11. The van der Waals surface area contributed by atoms with Crippen LogP contribution in [0.25, 0.3) is 11.0 Å². The van der Waals surface area contributed by atoms with E-state index >= 15 is 0 Å². The smallest absolute Gasteiger partial charge is 0.328 e. The highest BCUT2D eigenvalue weighted by molar-refractivity contribution is 5.97. The van der Waals surface area contributed by atoms with E-state index in [0.29, 0.717) is 11.3 Å². The van der Waals surface area contributed by atoms with Gasteiger partial charge in [0.25, 0.3) is 5.91 Å². The number of fused-ring (bicyclic) bond motifs is 1. The molecule has 1 saturated carbocycles. The zero-order valence-corrected chi connectivity index (χ0v) is 15.6. The van der Waals surface area contributed by atoms with Crippen molar-refractivity contribution >= 4 is 28.5 Å². The van der Waals surface area contributed by atoms with Crippen molar-refractivity contribution in [1.82, 2.24) is 14.5 Å². The van der Waals surface area contributed by atoms with E-state index in [0.717, 1.165) is 23.9 Å². The summed E-state index contributed by atoms with van der Waals surface area (Å²) in [6.45, 7) is 0.286. The number of carbonyl (C=O) groups is 2. The number of imidazole rings is 1. The van der Waals surface area contributed by atoms with Gasteiger partial charge >= 0.3 is 5.69 Å². The molecule has 7 heteroatoms. The average Bonchev–Trinajstić information content (AvgIpc) is 3.48. The summed E-state index contributed by atoms with van der Waals surface area (Å²) in [4.78, 5) is 36.9. The van der Waals surface area contributed by atoms with Crippen LogP contribution in [0.3, 0.4) is 0 Å². The molecule has 0 unspecified atom stereocenters. The van der Waals surface area contributed by atoms with Crippen molar-refractivity contribution in [3.05, 3.63) is 64.6 Å². The van der Waals surface area contributed by atoms with Crippen LogP contribution in [0.1, 0.15) is 29.6 Å². The largest absolute Gasteiger partial charge is 0.349 e. The lowest BCUT2D eigenvalue weighted by molar-refractivity contribution is -0.116. The molecule has 1 fully saturated rings.